The van der Waals surface area contributed by atoms with E-state index in [0.717, 1.165) is 5.56 Å². The summed E-state index contributed by atoms with van der Waals surface area (Å²) in [6.45, 7) is 0.208. The number of nitrogens with zero attached hydrogens (tertiary/aromatic N) is 2. The van der Waals surface area contributed by atoms with Gasteiger partial charge in [0.1, 0.15) is 0 Å². The largest absolute Gasteiger partial charge is 0.465 e. The number of anilines is 1. The van der Waals surface area contributed by atoms with Gasteiger partial charge in [0, 0.05) is 29.6 Å². The summed E-state index contributed by atoms with van der Waals surface area (Å²) in [4.78, 5) is 48.6. The Kier molecular flexibility index (Phi) is 8.15. The molecule has 1 N–H and O–H groups in total. The highest BCUT2D eigenvalue weighted by atomic mass is 35.5. The topological polar surface area (TPSA) is 117 Å². The maximum Gasteiger partial charge on any atom is 0.339 e. The van der Waals surface area contributed by atoms with Gasteiger partial charge in [-0.15, -0.1) is 0 Å². The highest BCUT2D eigenvalue weighted by molar-refractivity contribution is 6.30. The van der Waals surface area contributed by atoms with Crippen LogP contribution in [-0.4, -0.2) is 41.8 Å². The number of hydrogen-bond donors (Lipinski definition) is 1. The average molecular weight is 484 g/mol. The van der Waals surface area contributed by atoms with Crippen molar-refractivity contribution in [1.82, 2.24) is 9.78 Å². The van der Waals surface area contributed by atoms with Crippen LogP contribution < -0.4 is 10.9 Å². The van der Waals surface area contributed by atoms with Crippen molar-refractivity contribution >= 4 is 35.1 Å². The minimum atomic E-state index is -0.665. The monoisotopic (exact) mass is 483 g/mol. The molecule has 0 unspecified atom stereocenters. The normalized spacial score (nSPS) is 10.4. The van der Waals surface area contributed by atoms with Gasteiger partial charge in [0.25, 0.3) is 5.56 Å². The predicted octanol–water partition coefficient (Wildman–Crippen LogP) is 3.56. The lowest BCUT2D eigenvalue weighted by Gasteiger charge is -2.12. The van der Waals surface area contributed by atoms with Crippen molar-refractivity contribution in [1.29, 1.82) is 0 Å². The number of carbonyl (C=O) groups excluding carboxylic acids is 3. The summed E-state index contributed by atoms with van der Waals surface area (Å²) in [5.74, 6) is -1.69. The first-order chi connectivity index (χ1) is 16.3. The average Bonchev–Trinajstić information content (AvgIpc) is 2.84. The molecule has 2 aromatic carbocycles. The lowest BCUT2D eigenvalue weighted by Crippen LogP contribution is -2.23. The Hall–Kier alpha value is -3.98. The Labute approximate surface area is 200 Å². The molecule has 176 valence electrons. The van der Waals surface area contributed by atoms with Crippen LogP contribution in [0, 0.1) is 0 Å². The van der Waals surface area contributed by atoms with Crippen molar-refractivity contribution in [3.63, 3.8) is 0 Å². The van der Waals surface area contributed by atoms with Gasteiger partial charge < -0.3 is 14.8 Å². The fraction of sp³-hybridized carbons (Fsp3) is 0.208. The third-order valence-corrected chi connectivity index (χ3v) is 5.15. The van der Waals surface area contributed by atoms with E-state index >= 15 is 0 Å². The smallest absolute Gasteiger partial charge is 0.339 e. The molecule has 1 heterocycles. The highest BCUT2D eigenvalue weighted by Gasteiger charge is 2.17. The molecule has 0 bridgehead atoms. The van der Waals surface area contributed by atoms with Crippen LogP contribution >= 0.6 is 11.6 Å². The number of esters is 2. The summed E-state index contributed by atoms with van der Waals surface area (Å²) >= 11 is 5.92. The zero-order chi connectivity index (χ0) is 24.7. The SMILES string of the molecule is COC(=O)c1ccc(C(=O)OC)c(NC(=O)CCCn2nc(-c3ccc(Cl)cc3)ccc2=O)c1. The number of benzene rings is 2. The van der Waals surface area contributed by atoms with Crippen LogP contribution in [0.3, 0.4) is 0 Å². The molecule has 1 amide bonds. The van der Waals surface area contributed by atoms with Crippen molar-refractivity contribution in [2.24, 2.45) is 0 Å². The van der Waals surface area contributed by atoms with Gasteiger partial charge in [-0.25, -0.2) is 14.3 Å². The summed E-state index contributed by atoms with van der Waals surface area (Å²) in [6, 6.07) is 14.2. The summed E-state index contributed by atoms with van der Waals surface area (Å²) in [7, 11) is 2.44. The minimum Gasteiger partial charge on any atom is -0.465 e. The van der Waals surface area contributed by atoms with E-state index in [4.69, 9.17) is 16.3 Å². The van der Waals surface area contributed by atoms with Crippen LogP contribution in [-0.2, 0) is 20.8 Å². The van der Waals surface area contributed by atoms with Gasteiger partial charge in [-0.05, 0) is 42.8 Å². The number of aryl methyl sites for hydroxylation is 1. The number of rotatable bonds is 8. The van der Waals surface area contributed by atoms with Gasteiger partial charge in [-0.1, -0.05) is 23.7 Å². The number of ether oxygens (including phenoxy) is 2. The third-order valence-electron chi connectivity index (χ3n) is 4.90. The van der Waals surface area contributed by atoms with Crippen LogP contribution in [0.15, 0.2) is 59.4 Å². The Balaban J connectivity index is 1.68. The molecule has 0 atom stereocenters. The number of nitrogens with one attached hydrogen (secondary N) is 1. The molecule has 3 rings (SSSR count). The van der Waals surface area contributed by atoms with Gasteiger partial charge in [-0.3, -0.25) is 9.59 Å². The molecule has 34 heavy (non-hydrogen) atoms. The molecule has 0 aliphatic heterocycles. The molecule has 10 heteroatoms. The van der Waals surface area contributed by atoms with Crippen molar-refractivity contribution < 1.29 is 23.9 Å². The first-order valence-corrected chi connectivity index (χ1v) is 10.6. The fourth-order valence-electron chi connectivity index (χ4n) is 3.17. The van der Waals surface area contributed by atoms with E-state index < -0.39 is 17.8 Å². The molecule has 0 aliphatic carbocycles. The number of carbonyl (C=O) groups is 3. The standard InChI is InChI=1S/C24H22ClN3O6/c1-33-23(31)16-7-10-18(24(32)34-2)20(14-16)26-21(29)4-3-13-28-22(30)12-11-19(27-28)15-5-8-17(25)9-6-15/h5-12,14H,3-4,13H2,1-2H3,(H,26,29). The Morgan fingerprint density at radius 1 is 0.971 bits per heavy atom. The van der Waals surface area contributed by atoms with Crippen LogP contribution in [0.25, 0.3) is 11.3 Å². The molecule has 1 aromatic heterocycles. The second-order valence-electron chi connectivity index (χ2n) is 7.18. The van der Waals surface area contributed by atoms with Crippen LogP contribution in [0.4, 0.5) is 5.69 Å². The molecule has 0 aliphatic rings. The molecular formula is C24H22ClN3O6. The zero-order valence-corrected chi connectivity index (χ0v) is 19.3. The van der Waals surface area contributed by atoms with Crippen molar-refractivity contribution in [2.75, 3.05) is 19.5 Å². The fourth-order valence-corrected chi connectivity index (χ4v) is 3.29. The van der Waals surface area contributed by atoms with Gasteiger partial charge >= 0.3 is 11.9 Å². The molecule has 9 nitrogen and oxygen atoms in total. The number of amides is 1. The maximum absolute atomic E-state index is 12.5. The third kappa shape index (κ3) is 6.08. The zero-order valence-electron chi connectivity index (χ0n) is 18.5. The van der Waals surface area contributed by atoms with Crippen LogP contribution in [0.2, 0.25) is 5.02 Å². The predicted molar refractivity (Wildman–Crippen MR) is 126 cm³/mol. The lowest BCUT2D eigenvalue weighted by molar-refractivity contribution is -0.116. The maximum atomic E-state index is 12.5. The first-order valence-electron chi connectivity index (χ1n) is 10.3. The van der Waals surface area contributed by atoms with Gasteiger partial charge in [0.05, 0.1) is 36.7 Å². The summed E-state index contributed by atoms with van der Waals surface area (Å²) in [5.41, 5.74) is 1.49. The van der Waals surface area contributed by atoms with E-state index in [1.54, 1.807) is 30.3 Å². The number of halogens is 1. The second kappa shape index (κ2) is 11.2. The van der Waals surface area contributed by atoms with E-state index in [9.17, 15) is 19.2 Å². The number of hydrogen-bond acceptors (Lipinski definition) is 7. The first kappa shape index (κ1) is 24.7. The van der Waals surface area contributed by atoms with Gasteiger partial charge in [0.15, 0.2) is 0 Å². The van der Waals surface area contributed by atoms with E-state index in [2.05, 4.69) is 15.2 Å². The van der Waals surface area contributed by atoms with Crippen molar-refractivity contribution in [2.45, 2.75) is 19.4 Å². The van der Waals surface area contributed by atoms with Crippen LogP contribution in [0.1, 0.15) is 33.6 Å². The summed E-state index contributed by atoms with van der Waals surface area (Å²) < 4.78 is 10.7. The molecule has 3 aromatic rings. The number of methoxy groups -OCH3 is 2. The minimum absolute atomic E-state index is 0.0440. The molecule has 0 spiro atoms. The summed E-state index contributed by atoms with van der Waals surface area (Å²) in [5, 5.41) is 7.57. The van der Waals surface area contributed by atoms with E-state index in [1.165, 1.54) is 43.2 Å². The Morgan fingerprint density at radius 2 is 1.68 bits per heavy atom. The van der Waals surface area contributed by atoms with Crippen molar-refractivity contribution in [3.8, 4) is 11.3 Å². The Morgan fingerprint density at radius 3 is 2.35 bits per heavy atom. The van der Waals surface area contributed by atoms with Gasteiger partial charge in [-0.2, -0.15) is 5.10 Å². The van der Waals surface area contributed by atoms with Crippen LogP contribution in [0.5, 0.6) is 0 Å². The molecule has 0 saturated heterocycles. The quantitative estimate of drug-likeness (QED) is 0.487. The molecule has 0 radical (unpaired) electrons. The highest BCUT2D eigenvalue weighted by Crippen LogP contribution is 2.21. The Bertz CT molecular complexity index is 1270. The molecule has 0 fully saturated rings. The summed E-state index contributed by atoms with van der Waals surface area (Å²) in [6.07, 6.45) is 0.357. The van der Waals surface area contributed by atoms with E-state index in [-0.39, 0.29) is 35.3 Å². The lowest BCUT2D eigenvalue weighted by atomic mass is 10.1. The van der Waals surface area contributed by atoms with Gasteiger partial charge in [0.2, 0.25) is 5.91 Å². The second-order valence-corrected chi connectivity index (χ2v) is 7.62. The molecular weight excluding hydrogens is 462 g/mol. The van der Waals surface area contributed by atoms with E-state index in [1.807, 2.05) is 0 Å². The van der Waals surface area contributed by atoms with Crippen molar-refractivity contribution in [3.05, 3.63) is 81.1 Å². The van der Waals surface area contributed by atoms with E-state index in [0.29, 0.717) is 17.1 Å². The molecule has 0 saturated carbocycles. The number of aromatic nitrogens is 2.